The van der Waals surface area contributed by atoms with Crippen LogP contribution in [0.5, 0.6) is 0 Å². The van der Waals surface area contributed by atoms with Crippen LogP contribution in [0.3, 0.4) is 0 Å². The zero-order valence-electron chi connectivity index (χ0n) is 11.0. The quantitative estimate of drug-likeness (QED) is 0.793. The van der Waals surface area contributed by atoms with Crippen LogP contribution in [0, 0.1) is 6.92 Å². The maximum absolute atomic E-state index is 5.67. The van der Waals surface area contributed by atoms with Gasteiger partial charge < -0.3 is 10.3 Å². The van der Waals surface area contributed by atoms with Gasteiger partial charge in [0, 0.05) is 28.2 Å². The summed E-state index contributed by atoms with van der Waals surface area (Å²) in [5, 5.41) is 4.56. The zero-order valence-corrected chi connectivity index (χ0v) is 11.8. The van der Waals surface area contributed by atoms with Gasteiger partial charge in [-0.25, -0.2) is 4.98 Å². The van der Waals surface area contributed by atoms with Crippen LogP contribution < -0.4 is 5.73 Å². The second-order valence-corrected chi connectivity index (χ2v) is 5.66. The van der Waals surface area contributed by atoms with Crippen LogP contribution in [0.15, 0.2) is 35.8 Å². The van der Waals surface area contributed by atoms with Gasteiger partial charge in [0.1, 0.15) is 5.01 Å². The summed E-state index contributed by atoms with van der Waals surface area (Å²) in [5.41, 5.74) is 9.36. The van der Waals surface area contributed by atoms with E-state index in [1.165, 1.54) is 16.5 Å². The van der Waals surface area contributed by atoms with Gasteiger partial charge in [0.25, 0.3) is 0 Å². The van der Waals surface area contributed by atoms with Gasteiger partial charge in [-0.15, -0.1) is 11.3 Å². The molecule has 2 aromatic heterocycles. The van der Waals surface area contributed by atoms with Gasteiger partial charge in [-0.2, -0.15) is 0 Å². The fourth-order valence-electron chi connectivity index (χ4n) is 2.42. The number of hydrogen-bond acceptors (Lipinski definition) is 3. The Hall–Kier alpha value is -1.65. The van der Waals surface area contributed by atoms with Gasteiger partial charge in [0.05, 0.1) is 6.54 Å². The largest absolute Gasteiger partial charge is 0.341 e. The average Bonchev–Trinajstić information content (AvgIpc) is 2.99. The van der Waals surface area contributed by atoms with Crippen molar-refractivity contribution in [1.82, 2.24) is 9.55 Å². The van der Waals surface area contributed by atoms with E-state index < -0.39 is 0 Å². The highest BCUT2D eigenvalue weighted by Crippen LogP contribution is 2.22. The molecule has 3 aromatic rings. The SMILES string of the molecule is Cc1csc(Cn2ccc3c(CCN)cccc32)n1. The normalized spacial score (nSPS) is 11.3. The molecule has 2 heterocycles. The van der Waals surface area contributed by atoms with Crippen molar-refractivity contribution in [2.24, 2.45) is 5.73 Å². The molecular formula is C15H17N3S. The molecule has 0 unspecified atom stereocenters. The molecule has 19 heavy (non-hydrogen) atoms. The molecule has 2 N–H and O–H groups in total. The van der Waals surface area contributed by atoms with Crippen molar-refractivity contribution in [3.05, 3.63) is 52.1 Å². The first-order valence-electron chi connectivity index (χ1n) is 6.46. The number of thiazole rings is 1. The lowest BCUT2D eigenvalue weighted by molar-refractivity contribution is 0.824. The maximum atomic E-state index is 5.67. The minimum atomic E-state index is 0.690. The molecule has 4 heteroatoms. The highest BCUT2D eigenvalue weighted by molar-refractivity contribution is 7.09. The molecule has 3 rings (SSSR count). The number of aromatic nitrogens is 2. The Labute approximate surface area is 116 Å². The first-order chi connectivity index (χ1) is 9.28. The van der Waals surface area contributed by atoms with Gasteiger partial charge >= 0.3 is 0 Å². The second kappa shape index (κ2) is 5.15. The molecule has 0 aliphatic carbocycles. The predicted molar refractivity (Wildman–Crippen MR) is 80.6 cm³/mol. The zero-order chi connectivity index (χ0) is 13.2. The molecule has 0 radical (unpaired) electrons. The van der Waals surface area contributed by atoms with Gasteiger partial charge in [-0.05, 0) is 37.6 Å². The number of rotatable bonds is 4. The third-order valence-corrected chi connectivity index (χ3v) is 4.24. The number of nitrogens with zero attached hydrogens (tertiary/aromatic N) is 2. The number of benzene rings is 1. The van der Waals surface area contributed by atoms with Crippen molar-refractivity contribution in [3.63, 3.8) is 0 Å². The highest BCUT2D eigenvalue weighted by atomic mass is 32.1. The minimum Gasteiger partial charge on any atom is -0.341 e. The predicted octanol–water partition coefficient (Wildman–Crippen LogP) is 2.96. The fraction of sp³-hybridized carbons (Fsp3) is 0.267. The minimum absolute atomic E-state index is 0.690. The van der Waals surface area contributed by atoms with Crippen LogP contribution in [0.25, 0.3) is 10.9 Å². The maximum Gasteiger partial charge on any atom is 0.113 e. The summed E-state index contributed by atoms with van der Waals surface area (Å²) < 4.78 is 2.26. The molecule has 0 bridgehead atoms. The molecule has 0 amide bonds. The Morgan fingerprint density at radius 2 is 2.21 bits per heavy atom. The standard InChI is InChI=1S/C15H17N3S/c1-11-10-19-15(17-11)9-18-8-6-13-12(5-7-16)3-2-4-14(13)18/h2-4,6,8,10H,5,7,9,16H2,1H3. The molecule has 0 fully saturated rings. The van der Waals surface area contributed by atoms with Crippen molar-refractivity contribution >= 4 is 22.2 Å². The molecule has 0 saturated carbocycles. The first-order valence-corrected chi connectivity index (χ1v) is 7.33. The highest BCUT2D eigenvalue weighted by Gasteiger charge is 2.07. The average molecular weight is 271 g/mol. The summed E-state index contributed by atoms with van der Waals surface area (Å²) >= 11 is 1.72. The van der Waals surface area contributed by atoms with E-state index in [1.807, 2.05) is 6.92 Å². The van der Waals surface area contributed by atoms with E-state index in [1.54, 1.807) is 11.3 Å². The smallest absolute Gasteiger partial charge is 0.113 e. The van der Waals surface area contributed by atoms with Crippen LogP contribution in [0.1, 0.15) is 16.3 Å². The number of nitrogens with two attached hydrogens (primary N) is 1. The van der Waals surface area contributed by atoms with Crippen LogP contribution in [-0.4, -0.2) is 16.1 Å². The van der Waals surface area contributed by atoms with Crippen molar-refractivity contribution in [3.8, 4) is 0 Å². The van der Waals surface area contributed by atoms with E-state index >= 15 is 0 Å². The van der Waals surface area contributed by atoms with E-state index in [-0.39, 0.29) is 0 Å². The van der Waals surface area contributed by atoms with Crippen LogP contribution in [0.4, 0.5) is 0 Å². The van der Waals surface area contributed by atoms with Crippen molar-refractivity contribution in [2.75, 3.05) is 6.54 Å². The first kappa shape index (κ1) is 12.4. The number of aryl methyl sites for hydroxylation is 1. The lowest BCUT2D eigenvalue weighted by Crippen LogP contribution is -2.03. The summed E-state index contributed by atoms with van der Waals surface area (Å²) in [6.07, 6.45) is 3.07. The Bertz CT molecular complexity index is 696. The van der Waals surface area contributed by atoms with Gasteiger partial charge in [0.15, 0.2) is 0 Å². The van der Waals surface area contributed by atoms with Crippen molar-refractivity contribution in [2.45, 2.75) is 19.9 Å². The molecule has 0 saturated heterocycles. The summed E-state index contributed by atoms with van der Waals surface area (Å²) in [6, 6.07) is 8.61. The van der Waals surface area contributed by atoms with Crippen molar-refractivity contribution in [1.29, 1.82) is 0 Å². The lowest BCUT2D eigenvalue weighted by Gasteiger charge is -2.05. The number of hydrogen-bond donors (Lipinski definition) is 1. The molecular weight excluding hydrogens is 254 g/mol. The third-order valence-electron chi connectivity index (χ3n) is 3.29. The topological polar surface area (TPSA) is 43.8 Å². The van der Waals surface area contributed by atoms with Gasteiger partial charge in [-0.1, -0.05) is 12.1 Å². The fourth-order valence-corrected chi connectivity index (χ4v) is 3.19. The Morgan fingerprint density at radius 3 is 2.95 bits per heavy atom. The second-order valence-electron chi connectivity index (χ2n) is 4.71. The van der Waals surface area contributed by atoms with Crippen molar-refractivity contribution < 1.29 is 0 Å². The van der Waals surface area contributed by atoms with E-state index in [9.17, 15) is 0 Å². The van der Waals surface area contributed by atoms with Crippen LogP contribution in [-0.2, 0) is 13.0 Å². The molecule has 0 aliphatic rings. The molecule has 98 valence electrons. The summed E-state index contributed by atoms with van der Waals surface area (Å²) in [4.78, 5) is 4.53. The summed E-state index contributed by atoms with van der Waals surface area (Å²) in [5.74, 6) is 0. The number of fused-ring (bicyclic) bond motifs is 1. The molecule has 1 aromatic carbocycles. The van der Waals surface area contributed by atoms with Crippen LogP contribution >= 0.6 is 11.3 Å². The third kappa shape index (κ3) is 2.41. The Kier molecular flexibility index (Phi) is 3.36. The molecule has 0 aliphatic heterocycles. The summed E-state index contributed by atoms with van der Waals surface area (Å²) in [6.45, 7) is 3.57. The van der Waals surface area contributed by atoms with E-state index in [0.717, 1.165) is 23.7 Å². The van der Waals surface area contributed by atoms with Crippen LogP contribution in [0.2, 0.25) is 0 Å². The van der Waals surface area contributed by atoms with Gasteiger partial charge in [-0.3, -0.25) is 0 Å². The lowest BCUT2D eigenvalue weighted by atomic mass is 10.1. The monoisotopic (exact) mass is 271 g/mol. The summed E-state index contributed by atoms with van der Waals surface area (Å²) in [7, 11) is 0. The van der Waals surface area contributed by atoms with E-state index in [4.69, 9.17) is 5.73 Å². The van der Waals surface area contributed by atoms with E-state index in [0.29, 0.717) is 6.54 Å². The molecule has 3 nitrogen and oxygen atoms in total. The molecule has 0 atom stereocenters. The van der Waals surface area contributed by atoms with E-state index in [2.05, 4.69) is 45.4 Å². The van der Waals surface area contributed by atoms with Gasteiger partial charge in [0.2, 0.25) is 0 Å². The Morgan fingerprint density at radius 1 is 1.32 bits per heavy atom. The molecule has 0 spiro atoms. The Balaban J connectivity index is 1.98.